The zero-order valence-electron chi connectivity index (χ0n) is 16.1. The molecule has 2 aliphatic rings. The van der Waals surface area contributed by atoms with Gasteiger partial charge in [-0.1, -0.05) is 34.8 Å². The second kappa shape index (κ2) is 9.77. The fraction of sp³-hybridized carbons (Fsp3) is 0.238. The second-order valence-electron chi connectivity index (χ2n) is 6.93. The Morgan fingerprint density at radius 1 is 1.13 bits per heavy atom. The molecule has 0 radical (unpaired) electrons. The minimum atomic E-state index is -0.601. The third kappa shape index (κ3) is 5.61. The molecule has 1 saturated carbocycles. The largest absolute Gasteiger partial charge is 0.489 e. The predicted octanol–water partition coefficient (Wildman–Crippen LogP) is 4.30. The summed E-state index contributed by atoms with van der Waals surface area (Å²) in [5, 5.41) is 4.13. The molecule has 2 aliphatic carbocycles. The highest BCUT2D eigenvalue weighted by Crippen LogP contribution is 2.58. The molecular weight excluding hydrogens is 470 g/mol. The van der Waals surface area contributed by atoms with Gasteiger partial charge < -0.3 is 20.5 Å². The molecule has 0 heterocycles. The number of carbonyl (C=O) groups excluding carboxylic acids is 2. The normalized spacial score (nSPS) is 18.1. The second-order valence-corrected chi connectivity index (χ2v) is 8.18. The molecular formula is C21H18Cl3FN2O4. The van der Waals surface area contributed by atoms with Crippen LogP contribution in [0.25, 0.3) is 0 Å². The lowest BCUT2D eigenvalue weighted by Crippen LogP contribution is -2.44. The average molecular weight is 488 g/mol. The van der Waals surface area contributed by atoms with Crippen molar-refractivity contribution >= 4 is 47.1 Å². The molecule has 2 amide bonds. The van der Waals surface area contributed by atoms with Crippen molar-refractivity contribution in [3.8, 4) is 11.5 Å². The van der Waals surface area contributed by atoms with E-state index in [1.54, 1.807) is 18.2 Å². The first-order valence-corrected chi connectivity index (χ1v) is 10.2. The van der Waals surface area contributed by atoms with Crippen molar-refractivity contribution in [1.82, 2.24) is 5.32 Å². The Morgan fingerprint density at radius 2 is 1.87 bits per heavy atom. The van der Waals surface area contributed by atoms with Gasteiger partial charge in [0.25, 0.3) is 5.91 Å². The number of halogens is 4. The predicted molar refractivity (Wildman–Crippen MR) is 116 cm³/mol. The zero-order chi connectivity index (χ0) is 22.6. The van der Waals surface area contributed by atoms with Gasteiger partial charge in [-0.3, -0.25) is 9.59 Å². The highest BCUT2D eigenvalue weighted by atomic mass is 35.5. The number of ether oxygens (including phenoxy) is 2. The number of hydrogen-bond acceptors (Lipinski definition) is 4. The molecule has 0 bridgehead atoms. The maximum Gasteiger partial charge on any atom is 0.258 e. The van der Waals surface area contributed by atoms with Crippen molar-refractivity contribution < 1.29 is 23.5 Å². The number of primary amides is 1. The Bertz CT molecular complexity index is 1050. The van der Waals surface area contributed by atoms with Gasteiger partial charge in [-0.25, -0.2) is 4.39 Å². The Hall–Kier alpha value is -2.48. The lowest BCUT2D eigenvalue weighted by molar-refractivity contribution is -0.124. The summed E-state index contributed by atoms with van der Waals surface area (Å²) >= 11 is 17.5. The molecule has 2 aromatic carbocycles. The first-order valence-electron chi connectivity index (χ1n) is 9.11. The molecule has 3 N–H and O–H groups in total. The minimum Gasteiger partial charge on any atom is -0.489 e. The summed E-state index contributed by atoms with van der Waals surface area (Å²) in [5.74, 6) is -0.263. The van der Waals surface area contributed by atoms with Gasteiger partial charge in [0.1, 0.15) is 12.4 Å². The molecule has 1 fully saturated rings. The van der Waals surface area contributed by atoms with E-state index in [2.05, 4.69) is 11.1 Å². The molecule has 0 aromatic heterocycles. The van der Waals surface area contributed by atoms with E-state index in [0.29, 0.717) is 22.4 Å². The molecule has 0 spiro atoms. The molecule has 2 aromatic rings. The summed E-state index contributed by atoms with van der Waals surface area (Å²) in [6, 6.07) is 9.15. The van der Waals surface area contributed by atoms with E-state index in [4.69, 9.17) is 49.1 Å². The van der Waals surface area contributed by atoms with E-state index in [0.717, 1.165) is 24.5 Å². The third-order valence-corrected chi connectivity index (χ3v) is 5.78. The molecule has 1 unspecified atom stereocenters. The van der Waals surface area contributed by atoms with Gasteiger partial charge in [0.2, 0.25) is 6.41 Å². The van der Waals surface area contributed by atoms with Crippen molar-refractivity contribution in [2.45, 2.75) is 18.4 Å². The van der Waals surface area contributed by atoms with E-state index >= 15 is 0 Å². The summed E-state index contributed by atoms with van der Waals surface area (Å²) < 4.78 is 24.6. The van der Waals surface area contributed by atoms with Gasteiger partial charge in [0.15, 0.2) is 18.2 Å². The van der Waals surface area contributed by atoms with Gasteiger partial charge >= 0.3 is 0 Å². The van der Waals surface area contributed by atoms with Gasteiger partial charge in [0.05, 0.1) is 15.6 Å². The van der Waals surface area contributed by atoms with Crippen LogP contribution in [0.1, 0.15) is 12.8 Å². The smallest absolute Gasteiger partial charge is 0.258 e. The van der Waals surface area contributed by atoms with E-state index in [-0.39, 0.29) is 35.2 Å². The van der Waals surface area contributed by atoms with Crippen LogP contribution in [0.15, 0.2) is 47.5 Å². The van der Waals surface area contributed by atoms with Crippen molar-refractivity contribution in [3.63, 3.8) is 0 Å². The van der Waals surface area contributed by atoms with Crippen molar-refractivity contribution in [3.05, 3.63) is 68.4 Å². The molecule has 4 rings (SSSR count). The maximum absolute atomic E-state index is 13.7. The molecule has 10 heteroatoms. The molecule has 0 aliphatic heterocycles. The van der Waals surface area contributed by atoms with Crippen LogP contribution in [0.3, 0.4) is 0 Å². The Morgan fingerprint density at radius 3 is 2.52 bits per heavy atom. The standard InChI is InChI=1S/C20H15Cl3FNO3.CH3NO/c21-12-1-4-18(17(24)5-12)28-10-19(26)25-20-7-11(14(20)8-20)9-27-13-2-3-15(22)16(23)6-13;2-1-3/h1-6H,7-10H2,(H,25,26);1H,(H2,2,3). The van der Waals surface area contributed by atoms with Crippen LogP contribution in [0.2, 0.25) is 15.1 Å². The highest BCUT2D eigenvalue weighted by Gasteiger charge is 2.59. The van der Waals surface area contributed by atoms with Crippen LogP contribution in [-0.2, 0) is 9.59 Å². The van der Waals surface area contributed by atoms with Crippen LogP contribution in [0.5, 0.6) is 11.5 Å². The average Bonchev–Trinajstić information content (AvgIpc) is 3.28. The Labute approximate surface area is 193 Å². The van der Waals surface area contributed by atoms with E-state index in [9.17, 15) is 9.18 Å². The van der Waals surface area contributed by atoms with Crippen LogP contribution in [0, 0.1) is 5.82 Å². The number of amides is 2. The molecule has 31 heavy (non-hydrogen) atoms. The van der Waals surface area contributed by atoms with Gasteiger partial charge in [-0.15, -0.1) is 0 Å². The first kappa shape index (κ1) is 23.2. The molecule has 0 saturated heterocycles. The third-order valence-electron chi connectivity index (χ3n) is 4.81. The maximum atomic E-state index is 13.7. The number of hydrogen-bond donors (Lipinski definition) is 2. The number of benzene rings is 2. The fourth-order valence-corrected chi connectivity index (χ4v) is 3.78. The van der Waals surface area contributed by atoms with E-state index < -0.39 is 5.82 Å². The summed E-state index contributed by atoms with van der Waals surface area (Å²) in [4.78, 5) is 20.7. The topological polar surface area (TPSA) is 90.7 Å². The van der Waals surface area contributed by atoms with Crippen molar-refractivity contribution in [2.75, 3.05) is 13.2 Å². The molecule has 6 nitrogen and oxygen atoms in total. The number of nitrogens with two attached hydrogens (primary N) is 1. The van der Waals surface area contributed by atoms with Crippen molar-refractivity contribution in [2.24, 2.45) is 5.73 Å². The monoisotopic (exact) mass is 486 g/mol. The molecule has 1 atom stereocenters. The number of carbonyl (C=O) groups is 2. The first-order chi connectivity index (χ1) is 14.8. The van der Waals surface area contributed by atoms with Crippen molar-refractivity contribution in [1.29, 1.82) is 0 Å². The van der Waals surface area contributed by atoms with Crippen LogP contribution < -0.4 is 20.5 Å². The lowest BCUT2D eigenvalue weighted by Gasteiger charge is -2.26. The van der Waals surface area contributed by atoms with Crippen LogP contribution in [0.4, 0.5) is 4.39 Å². The Kier molecular flexibility index (Phi) is 7.30. The summed E-state index contributed by atoms with van der Waals surface area (Å²) in [6.07, 6.45) is 1.78. The summed E-state index contributed by atoms with van der Waals surface area (Å²) in [6.45, 7) is 0.181. The summed E-state index contributed by atoms with van der Waals surface area (Å²) in [5.41, 5.74) is 6.23. The number of rotatable bonds is 7. The summed E-state index contributed by atoms with van der Waals surface area (Å²) in [7, 11) is 0. The Balaban J connectivity index is 0.000000858. The van der Waals surface area contributed by atoms with E-state index in [1.807, 2.05) is 0 Å². The van der Waals surface area contributed by atoms with E-state index in [1.165, 1.54) is 17.7 Å². The number of fused-ring (bicyclic) bond motifs is 1. The SMILES string of the molecule is NC=O.O=C(COc1ccc(Cl)cc1F)NC12CC(COc3ccc(Cl)c(Cl)c3)=C1C2. The number of nitrogens with one attached hydrogen (secondary N) is 1. The van der Waals surface area contributed by atoms with Crippen LogP contribution >= 0.6 is 34.8 Å². The minimum absolute atomic E-state index is 0.00654. The highest BCUT2D eigenvalue weighted by molar-refractivity contribution is 6.42. The van der Waals surface area contributed by atoms with Gasteiger partial charge in [-0.2, -0.15) is 0 Å². The quantitative estimate of drug-likeness (QED) is 0.450. The van der Waals surface area contributed by atoms with Gasteiger partial charge in [-0.05, 0) is 54.3 Å². The lowest BCUT2D eigenvalue weighted by atomic mass is 9.93. The van der Waals surface area contributed by atoms with Crippen LogP contribution in [-0.4, -0.2) is 31.1 Å². The fourth-order valence-electron chi connectivity index (χ4n) is 3.33. The molecule has 164 valence electrons. The zero-order valence-corrected chi connectivity index (χ0v) is 18.4. The van der Waals surface area contributed by atoms with Gasteiger partial charge in [0, 0.05) is 11.1 Å².